The van der Waals surface area contributed by atoms with E-state index < -0.39 is 0 Å². The molecule has 27 heavy (non-hydrogen) atoms. The molecule has 1 aromatic heterocycles. The van der Waals surface area contributed by atoms with Gasteiger partial charge in [-0.1, -0.05) is 78.9 Å². The highest BCUT2D eigenvalue weighted by molar-refractivity contribution is 5.92. The summed E-state index contributed by atoms with van der Waals surface area (Å²) in [6.07, 6.45) is 0. The van der Waals surface area contributed by atoms with Gasteiger partial charge in [0.25, 0.3) is 0 Å². The molecule has 1 N–H and O–H groups in total. The van der Waals surface area contributed by atoms with Crippen LogP contribution in [-0.2, 0) is 0 Å². The molecule has 1 nitrogen and oxygen atoms in total. The van der Waals surface area contributed by atoms with Gasteiger partial charge in [-0.25, -0.2) is 12.1 Å². The first-order valence-corrected chi connectivity index (χ1v) is 9.34. The van der Waals surface area contributed by atoms with Crippen LogP contribution in [0.15, 0.2) is 109 Å². The normalized spacial score (nSPS) is 12.3. The molecule has 0 radical (unpaired) electrons. The zero-order valence-corrected chi connectivity index (χ0v) is 15.0. The number of benzene rings is 3. The van der Waals surface area contributed by atoms with Crippen LogP contribution in [0.5, 0.6) is 0 Å². The number of H-pyrrole nitrogens is 1. The van der Waals surface area contributed by atoms with E-state index in [1.807, 2.05) is 0 Å². The standard InChI is InChI=1S/C26H20N/c1-3-11-19(12-4-1)24(20-13-7-8-14-20)25-22-17-9-10-18-23(22)27-26(25)21-15-5-2-6-16-21/h1-18,24,27H/q-1. The summed E-state index contributed by atoms with van der Waals surface area (Å²) >= 11 is 0. The molecule has 1 atom stereocenters. The second kappa shape index (κ2) is 6.69. The molecule has 0 spiro atoms. The van der Waals surface area contributed by atoms with Crippen molar-refractivity contribution in [1.29, 1.82) is 0 Å². The van der Waals surface area contributed by atoms with Crippen LogP contribution < -0.4 is 0 Å². The van der Waals surface area contributed by atoms with Crippen LogP contribution in [0.3, 0.4) is 0 Å². The van der Waals surface area contributed by atoms with Crippen molar-refractivity contribution in [2.24, 2.45) is 0 Å². The van der Waals surface area contributed by atoms with Crippen molar-refractivity contribution < 1.29 is 0 Å². The van der Waals surface area contributed by atoms with Crippen molar-refractivity contribution in [3.63, 3.8) is 0 Å². The fourth-order valence-corrected chi connectivity index (χ4v) is 4.05. The number of aromatic amines is 1. The molecular weight excluding hydrogens is 326 g/mol. The van der Waals surface area contributed by atoms with Crippen LogP contribution in [0.25, 0.3) is 22.2 Å². The van der Waals surface area contributed by atoms with Gasteiger partial charge in [0.05, 0.1) is 5.69 Å². The Kier molecular flexibility index (Phi) is 3.91. The van der Waals surface area contributed by atoms with Gasteiger partial charge >= 0.3 is 0 Å². The molecule has 5 aromatic rings. The van der Waals surface area contributed by atoms with Crippen LogP contribution in [0.1, 0.15) is 22.6 Å². The molecular formula is C26H20N-. The number of nitrogens with one attached hydrogen (secondary N) is 1. The van der Waals surface area contributed by atoms with E-state index in [0.717, 1.165) is 0 Å². The first kappa shape index (κ1) is 15.8. The van der Waals surface area contributed by atoms with Gasteiger partial charge in [0, 0.05) is 16.8 Å². The van der Waals surface area contributed by atoms with Crippen LogP contribution >= 0.6 is 0 Å². The molecule has 1 unspecified atom stereocenters. The Hall–Kier alpha value is -3.45. The van der Waals surface area contributed by atoms with Crippen molar-refractivity contribution in [2.45, 2.75) is 5.92 Å². The number of para-hydroxylation sites is 1. The zero-order chi connectivity index (χ0) is 18.1. The van der Waals surface area contributed by atoms with Gasteiger partial charge in [0.15, 0.2) is 0 Å². The zero-order valence-electron chi connectivity index (χ0n) is 15.0. The van der Waals surface area contributed by atoms with Crippen LogP contribution in [0.2, 0.25) is 0 Å². The van der Waals surface area contributed by atoms with Crippen molar-refractivity contribution in [1.82, 2.24) is 4.98 Å². The van der Waals surface area contributed by atoms with Crippen LogP contribution in [0, 0.1) is 0 Å². The third kappa shape index (κ3) is 2.78. The molecule has 5 rings (SSSR count). The summed E-state index contributed by atoms with van der Waals surface area (Å²) in [5, 5.41) is 1.28. The first-order chi connectivity index (χ1) is 13.4. The lowest BCUT2D eigenvalue weighted by Crippen LogP contribution is -2.03. The lowest BCUT2D eigenvalue weighted by Gasteiger charge is -2.22. The minimum Gasteiger partial charge on any atom is -0.354 e. The number of fused-ring (bicyclic) bond motifs is 1. The summed E-state index contributed by atoms with van der Waals surface area (Å²) < 4.78 is 0. The van der Waals surface area contributed by atoms with Crippen molar-refractivity contribution in [2.75, 3.05) is 0 Å². The molecule has 0 bridgehead atoms. The molecule has 4 aromatic carbocycles. The monoisotopic (exact) mass is 346 g/mol. The highest BCUT2D eigenvalue weighted by Gasteiger charge is 2.22. The molecule has 0 aliphatic rings. The van der Waals surface area contributed by atoms with Gasteiger partial charge in [-0.05, 0) is 22.8 Å². The van der Waals surface area contributed by atoms with E-state index in [9.17, 15) is 0 Å². The Balaban J connectivity index is 1.84. The first-order valence-electron chi connectivity index (χ1n) is 9.34. The minimum absolute atomic E-state index is 0.188. The summed E-state index contributed by atoms with van der Waals surface area (Å²) in [5.41, 5.74) is 7.57. The van der Waals surface area contributed by atoms with E-state index in [1.54, 1.807) is 0 Å². The second-order valence-corrected chi connectivity index (χ2v) is 6.89. The maximum Gasteiger partial charge on any atom is 0.0506 e. The highest BCUT2D eigenvalue weighted by Crippen LogP contribution is 2.42. The molecule has 1 heteroatoms. The quantitative estimate of drug-likeness (QED) is 0.347. The predicted octanol–water partition coefficient (Wildman–Crippen LogP) is 6.73. The molecule has 0 saturated carbocycles. The second-order valence-electron chi connectivity index (χ2n) is 6.89. The lowest BCUT2D eigenvalue weighted by atomic mass is 9.83. The van der Waals surface area contributed by atoms with E-state index in [0.29, 0.717) is 0 Å². The van der Waals surface area contributed by atoms with Gasteiger partial charge < -0.3 is 4.98 Å². The predicted molar refractivity (Wildman–Crippen MR) is 113 cm³/mol. The average molecular weight is 346 g/mol. The maximum absolute atomic E-state index is 3.69. The minimum atomic E-state index is 0.188. The Morgan fingerprint density at radius 3 is 2.11 bits per heavy atom. The highest BCUT2D eigenvalue weighted by atomic mass is 14.7. The fraction of sp³-hybridized carbons (Fsp3) is 0.0385. The van der Waals surface area contributed by atoms with E-state index in [2.05, 4.69) is 114 Å². The summed E-state index contributed by atoms with van der Waals surface area (Å²) in [5.74, 6) is 0.188. The van der Waals surface area contributed by atoms with Crippen molar-refractivity contribution in [3.8, 4) is 11.3 Å². The molecule has 0 aliphatic heterocycles. The van der Waals surface area contributed by atoms with Gasteiger partial charge in [0.2, 0.25) is 0 Å². The summed E-state index contributed by atoms with van der Waals surface area (Å²) in [4.78, 5) is 3.69. The molecule has 0 amide bonds. The molecule has 1 heterocycles. The summed E-state index contributed by atoms with van der Waals surface area (Å²) in [6, 6.07) is 38.8. The van der Waals surface area contributed by atoms with Crippen LogP contribution in [0.4, 0.5) is 0 Å². The summed E-state index contributed by atoms with van der Waals surface area (Å²) in [6.45, 7) is 0. The van der Waals surface area contributed by atoms with E-state index in [4.69, 9.17) is 0 Å². The van der Waals surface area contributed by atoms with Crippen molar-refractivity contribution in [3.05, 3.63) is 126 Å². The van der Waals surface area contributed by atoms with Gasteiger partial charge in [-0.2, -0.15) is 17.7 Å². The largest absolute Gasteiger partial charge is 0.354 e. The maximum atomic E-state index is 3.69. The van der Waals surface area contributed by atoms with E-state index >= 15 is 0 Å². The Bertz CT molecular complexity index is 1150. The molecule has 130 valence electrons. The van der Waals surface area contributed by atoms with E-state index in [-0.39, 0.29) is 5.92 Å². The third-order valence-corrected chi connectivity index (χ3v) is 5.25. The Labute approximate surface area is 159 Å². The Morgan fingerprint density at radius 2 is 1.37 bits per heavy atom. The average Bonchev–Trinajstić information content (AvgIpc) is 3.39. The van der Waals surface area contributed by atoms with Crippen molar-refractivity contribution >= 4 is 10.9 Å². The topological polar surface area (TPSA) is 15.8 Å². The molecule has 0 aliphatic carbocycles. The number of aromatic nitrogens is 1. The lowest BCUT2D eigenvalue weighted by molar-refractivity contribution is 0.997. The molecule has 0 fully saturated rings. The summed E-state index contributed by atoms with van der Waals surface area (Å²) in [7, 11) is 0. The Morgan fingerprint density at radius 1 is 0.667 bits per heavy atom. The van der Waals surface area contributed by atoms with Crippen LogP contribution in [-0.4, -0.2) is 4.98 Å². The SMILES string of the molecule is c1ccc(-c2[nH]c3ccccc3c2C(c2ccccc2)c2ccc[cH-]2)cc1. The van der Waals surface area contributed by atoms with Gasteiger partial charge in [0.1, 0.15) is 0 Å². The van der Waals surface area contributed by atoms with E-state index in [1.165, 1.54) is 38.9 Å². The third-order valence-electron chi connectivity index (χ3n) is 5.25. The molecule has 0 saturated heterocycles. The van der Waals surface area contributed by atoms with Gasteiger partial charge in [-0.15, -0.1) is 0 Å². The fourth-order valence-electron chi connectivity index (χ4n) is 4.05. The number of hydrogen-bond acceptors (Lipinski definition) is 0. The number of hydrogen-bond donors (Lipinski definition) is 1. The number of rotatable bonds is 4. The smallest absolute Gasteiger partial charge is 0.0506 e. The van der Waals surface area contributed by atoms with Gasteiger partial charge in [-0.3, -0.25) is 0 Å².